The number of carbonyl (C=O) groups is 1. The molecule has 0 aliphatic heterocycles. The van der Waals surface area contributed by atoms with E-state index < -0.39 is 15.1 Å². The van der Waals surface area contributed by atoms with Crippen LogP contribution in [-0.4, -0.2) is 32.5 Å². The molecule has 32 heavy (non-hydrogen) atoms. The van der Waals surface area contributed by atoms with Gasteiger partial charge in [-0.25, -0.2) is 8.42 Å². The lowest BCUT2D eigenvalue weighted by molar-refractivity contribution is -0.116. The van der Waals surface area contributed by atoms with Crippen LogP contribution in [0.2, 0.25) is 0 Å². The predicted octanol–water partition coefficient (Wildman–Crippen LogP) is 4.13. The Morgan fingerprint density at radius 1 is 1.09 bits per heavy atom. The van der Waals surface area contributed by atoms with Crippen LogP contribution in [0.5, 0.6) is 5.75 Å². The van der Waals surface area contributed by atoms with Gasteiger partial charge in [0.15, 0.2) is 9.84 Å². The Morgan fingerprint density at radius 2 is 1.81 bits per heavy atom. The Labute approximate surface area is 188 Å². The van der Waals surface area contributed by atoms with Gasteiger partial charge < -0.3 is 10.1 Å². The average molecular weight is 451 g/mol. The van der Waals surface area contributed by atoms with E-state index in [4.69, 9.17) is 4.74 Å². The molecule has 1 amide bonds. The lowest BCUT2D eigenvalue weighted by Gasteiger charge is -2.18. The first-order valence-corrected chi connectivity index (χ1v) is 11.8. The molecular weight excluding hydrogens is 424 g/mol. The molecule has 3 aromatic rings. The van der Waals surface area contributed by atoms with Crippen LogP contribution in [0.1, 0.15) is 28.9 Å². The molecule has 1 N–H and O–H groups in total. The van der Waals surface area contributed by atoms with Gasteiger partial charge in [-0.15, -0.1) is 0 Å². The number of aryl methyl sites for hydroxylation is 1. The molecular formula is C25H26N2O4S. The quantitative estimate of drug-likeness (QED) is 0.496. The zero-order valence-corrected chi connectivity index (χ0v) is 18.9. The molecule has 1 heterocycles. The van der Waals surface area contributed by atoms with Crippen LogP contribution in [0, 0.1) is 6.92 Å². The first-order chi connectivity index (χ1) is 15.4. The van der Waals surface area contributed by atoms with Gasteiger partial charge in [0.05, 0.1) is 11.5 Å². The summed E-state index contributed by atoms with van der Waals surface area (Å²) in [5, 5.41) is 1.76. The van der Waals surface area contributed by atoms with Gasteiger partial charge in [0.2, 0.25) is 5.91 Å². The largest absolute Gasteiger partial charge is 0.494 e. The van der Waals surface area contributed by atoms with Crippen LogP contribution in [0.15, 0.2) is 84.0 Å². The highest BCUT2D eigenvalue weighted by Crippen LogP contribution is 2.28. The highest BCUT2D eigenvalue weighted by Gasteiger charge is 2.29. The highest BCUT2D eigenvalue weighted by atomic mass is 32.2. The number of hydrogen-bond donors (Lipinski definition) is 1. The summed E-state index contributed by atoms with van der Waals surface area (Å²) in [7, 11) is -3.74. The lowest BCUT2D eigenvalue weighted by atomic mass is 10.2. The zero-order valence-electron chi connectivity index (χ0n) is 18.1. The first kappa shape index (κ1) is 23.2. The molecule has 0 saturated heterocycles. The molecule has 0 aliphatic rings. The van der Waals surface area contributed by atoms with Crippen molar-refractivity contribution in [1.29, 1.82) is 0 Å². The zero-order chi connectivity index (χ0) is 23.0. The van der Waals surface area contributed by atoms with Crippen molar-refractivity contribution in [1.82, 2.24) is 10.3 Å². The molecule has 0 saturated carbocycles. The highest BCUT2D eigenvalue weighted by molar-refractivity contribution is 7.91. The van der Waals surface area contributed by atoms with Crippen LogP contribution < -0.4 is 10.1 Å². The summed E-state index contributed by atoms with van der Waals surface area (Å²) in [4.78, 5) is 16.7. The van der Waals surface area contributed by atoms with Gasteiger partial charge in [0, 0.05) is 25.0 Å². The number of pyridine rings is 1. The summed E-state index contributed by atoms with van der Waals surface area (Å²) in [6.45, 7) is 4.32. The topological polar surface area (TPSA) is 85.4 Å². The van der Waals surface area contributed by atoms with E-state index in [0.717, 1.165) is 16.9 Å². The molecule has 166 valence electrons. The van der Waals surface area contributed by atoms with Gasteiger partial charge in [-0.2, -0.15) is 0 Å². The Kier molecular flexibility index (Phi) is 7.78. The van der Waals surface area contributed by atoms with E-state index in [0.29, 0.717) is 12.2 Å². The van der Waals surface area contributed by atoms with Crippen LogP contribution >= 0.6 is 0 Å². The predicted molar refractivity (Wildman–Crippen MR) is 125 cm³/mol. The maximum Gasteiger partial charge on any atom is 0.244 e. The van der Waals surface area contributed by atoms with Crippen molar-refractivity contribution in [2.75, 3.05) is 13.2 Å². The number of aromatic nitrogens is 1. The molecule has 2 aromatic carbocycles. The molecule has 1 aromatic heterocycles. The smallest absolute Gasteiger partial charge is 0.244 e. The molecule has 3 rings (SSSR count). The third-order valence-electron chi connectivity index (χ3n) is 4.86. The number of carbonyl (C=O) groups excluding carboxylic acids is 1. The number of ether oxygens (including phenoxy) is 1. The van der Waals surface area contributed by atoms with Gasteiger partial charge >= 0.3 is 0 Å². The lowest BCUT2D eigenvalue weighted by Crippen LogP contribution is -2.31. The SMILES string of the molecule is CCOc1ccc(/C=C/C(=O)NCC(c2cccnc2)S(=O)(=O)c2ccc(C)cc2)cc1. The van der Waals surface area contributed by atoms with Crippen molar-refractivity contribution < 1.29 is 17.9 Å². The fourth-order valence-electron chi connectivity index (χ4n) is 3.13. The fraction of sp³-hybridized carbons (Fsp3) is 0.200. The van der Waals surface area contributed by atoms with Crippen molar-refractivity contribution in [3.8, 4) is 5.75 Å². The maximum atomic E-state index is 13.3. The van der Waals surface area contributed by atoms with Crippen molar-refractivity contribution in [2.24, 2.45) is 0 Å². The maximum absolute atomic E-state index is 13.3. The van der Waals surface area contributed by atoms with E-state index in [1.807, 2.05) is 38.1 Å². The Bertz CT molecular complexity index is 1160. The van der Waals surface area contributed by atoms with E-state index in [-0.39, 0.29) is 17.3 Å². The van der Waals surface area contributed by atoms with E-state index in [1.165, 1.54) is 12.3 Å². The standard InChI is InChI=1S/C25H26N2O4S/c1-3-31-22-11-8-20(9-12-22)10-15-25(28)27-18-24(21-5-4-16-26-17-21)32(29,30)23-13-6-19(2)7-14-23/h4-17,24H,3,18H2,1-2H3,(H,27,28)/b15-10+. The first-order valence-electron chi connectivity index (χ1n) is 10.3. The van der Waals surface area contributed by atoms with Crippen molar-refractivity contribution in [2.45, 2.75) is 24.0 Å². The number of sulfone groups is 1. The van der Waals surface area contributed by atoms with Crippen molar-refractivity contribution in [3.63, 3.8) is 0 Å². The van der Waals surface area contributed by atoms with E-state index in [1.54, 1.807) is 48.7 Å². The molecule has 7 heteroatoms. The molecule has 1 atom stereocenters. The minimum absolute atomic E-state index is 0.0750. The molecule has 0 fully saturated rings. The molecule has 0 bridgehead atoms. The molecule has 6 nitrogen and oxygen atoms in total. The number of nitrogens with one attached hydrogen (secondary N) is 1. The molecule has 0 spiro atoms. The third kappa shape index (κ3) is 6.04. The second-order valence-electron chi connectivity index (χ2n) is 7.21. The Morgan fingerprint density at radius 3 is 2.44 bits per heavy atom. The second-order valence-corrected chi connectivity index (χ2v) is 9.34. The Hall–Kier alpha value is -3.45. The molecule has 1 unspecified atom stereocenters. The molecule has 0 radical (unpaired) electrons. The minimum Gasteiger partial charge on any atom is -0.494 e. The van der Waals surface area contributed by atoms with Crippen LogP contribution in [0.3, 0.4) is 0 Å². The van der Waals surface area contributed by atoms with E-state index in [2.05, 4.69) is 10.3 Å². The van der Waals surface area contributed by atoms with Crippen LogP contribution in [0.4, 0.5) is 0 Å². The van der Waals surface area contributed by atoms with E-state index >= 15 is 0 Å². The number of hydrogen-bond acceptors (Lipinski definition) is 5. The number of rotatable bonds is 9. The third-order valence-corrected chi connectivity index (χ3v) is 6.98. The monoisotopic (exact) mass is 450 g/mol. The van der Waals surface area contributed by atoms with Crippen molar-refractivity contribution >= 4 is 21.8 Å². The average Bonchev–Trinajstić information content (AvgIpc) is 2.80. The summed E-state index contributed by atoms with van der Waals surface area (Å²) >= 11 is 0. The summed E-state index contributed by atoms with van der Waals surface area (Å²) in [5.74, 6) is 0.376. The summed E-state index contributed by atoms with van der Waals surface area (Å²) in [6, 6.07) is 17.4. The fourth-order valence-corrected chi connectivity index (χ4v) is 4.78. The summed E-state index contributed by atoms with van der Waals surface area (Å²) in [6.07, 6.45) is 6.14. The number of benzene rings is 2. The van der Waals surface area contributed by atoms with Gasteiger partial charge in [0.1, 0.15) is 11.0 Å². The Balaban J connectivity index is 1.74. The number of amides is 1. The minimum atomic E-state index is -3.74. The van der Waals surface area contributed by atoms with Gasteiger partial charge in [0.25, 0.3) is 0 Å². The van der Waals surface area contributed by atoms with Gasteiger partial charge in [-0.05, 0) is 61.4 Å². The van der Waals surface area contributed by atoms with E-state index in [9.17, 15) is 13.2 Å². The molecule has 0 aliphatic carbocycles. The van der Waals surface area contributed by atoms with Gasteiger partial charge in [-0.3, -0.25) is 9.78 Å². The van der Waals surface area contributed by atoms with Crippen LogP contribution in [-0.2, 0) is 14.6 Å². The summed E-state index contributed by atoms with van der Waals surface area (Å²) in [5.41, 5.74) is 2.32. The van der Waals surface area contributed by atoms with Crippen molar-refractivity contribution in [3.05, 3.63) is 95.8 Å². The number of nitrogens with zero attached hydrogens (tertiary/aromatic N) is 1. The van der Waals surface area contributed by atoms with Gasteiger partial charge in [-0.1, -0.05) is 35.9 Å². The summed E-state index contributed by atoms with van der Waals surface area (Å²) < 4.78 is 32.0. The normalized spacial score (nSPS) is 12.4. The van der Waals surface area contributed by atoms with Crippen LogP contribution in [0.25, 0.3) is 6.08 Å². The second kappa shape index (κ2) is 10.7.